The zero-order chi connectivity index (χ0) is 20.0. The SMILES string of the molecule is C=CCn1c(SCCS(=O)(=O)Oc2ccccc2)nnc1-c1ccc(Cl)cc1. The summed E-state index contributed by atoms with van der Waals surface area (Å²) in [5.41, 5.74) is 0.866. The second kappa shape index (κ2) is 9.27. The van der Waals surface area contributed by atoms with Crippen molar-refractivity contribution in [1.29, 1.82) is 0 Å². The predicted molar refractivity (Wildman–Crippen MR) is 112 cm³/mol. The number of rotatable bonds is 9. The first-order valence-electron chi connectivity index (χ1n) is 8.38. The number of hydrogen-bond donors (Lipinski definition) is 0. The first-order valence-corrected chi connectivity index (χ1v) is 11.3. The lowest BCUT2D eigenvalue weighted by Gasteiger charge is -2.09. The fourth-order valence-corrected chi connectivity index (χ4v) is 4.76. The maximum absolute atomic E-state index is 12.2. The molecule has 0 saturated carbocycles. The highest BCUT2D eigenvalue weighted by molar-refractivity contribution is 8.00. The molecule has 3 rings (SSSR count). The molecule has 0 aliphatic rings. The van der Waals surface area contributed by atoms with Crippen molar-refractivity contribution in [2.75, 3.05) is 11.5 Å². The highest BCUT2D eigenvalue weighted by atomic mass is 35.5. The molecule has 3 aromatic rings. The van der Waals surface area contributed by atoms with Crippen LogP contribution in [0.15, 0.2) is 72.4 Å². The molecule has 0 aliphatic carbocycles. The molecule has 0 bridgehead atoms. The first kappa shape index (κ1) is 20.4. The van der Waals surface area contributed by atoms with Gasteiger partial charge in [-0.25, -0.2) is 0 Å². The molecule has 1 heterocycles. The summed E-state index contributed by atoms with van der Waals surface area (Å²) in [6.45, 7) is 4.27. The van der Waals surface area contributed by atoms with Gasteiger partial charge in [0.15, 0.2) is 11.0 Å². The molecular weight excluding hydrogens is 418 g/mol. The average molecular weight is 436 g/mol. The maximum atomic E-state index is 12.2. The van der Waals surface area contributed by atoms with Crippen LogP contribution in [0.4, 0.5) is 0 Å². The quantitative estimate of drug-likeness (QED) is 0.283. The van der Waals surface area contributed by atoms with E-state index in [1.807, 2.05) is 16.7 Å². The van der Waals surface area contributed by atoms with Crippen LogP contribution in [0.5, 0.6) is 5.75 Å². The van der Waals surface area contributed by atoms with Gasteiger partial charge in [0.2, 0.25) is 0 Å². The third-order valence-electron chi connectivity index (χ3n) is 3.66. The van der Waals surface area contributed by atoms with Crippen LogP contribution in [0, 0.1) is 0 Å². The first-order chi connectivity index (χ1) is 13.5. The van der Waals surface area contributed by atoms with E-state index < -0.39 is 10.1 Å². The second-order valence-electron chi connectivity index (χ2n) is 5.72. The minimum Gasteiger partial charge on any atom is -0.382 e. The molecule has 9 heteroatoms. The zero-order valence-corrected chi connectivity index (χ0v) is 17.3. The molecule has 1 aromatic heterocycles. The van der Waals surface area contributed by atoms with Crippen LogP contribution in [-0.4, -0.2) is 34.7 Å². The lowest BCUT2D eigenvalue weighted by atomic mass is 10.2. The van der Waals surface area contributed by atoms with Gasteiger partial charge < -0.3 is 4.18 Å². The van der Waals surface area contributed by atoms with E-state index in [2.05, 4.69) is 16.8 Å². The molecule has 28 heavy (non-hydrogen) atoms. The Hall–Kier alpha value is -2.29. The van der Waals surface area contributed by atoms with Crippen LogP contribution >= 0.6 is 23.4 Å². The standard InChI is InChI=1S/C19H18ClN3O3S2/c1-2-12-23-18(15-8-10-16(20)11-9-15)21-22-19(23)27-13-14-28(24,25)26-17-6-4-3-5-7-17/h2-11H,1,12-14H2. The van der Waals surface area contributed by atoms with Crippen molar-refractivity contribution >= 4 is 33.5 Å². The van der Waals surface area contributed by atoms with Crippen LogP contribution in [0.3, 0.4) is 0 Å². The Labute approximate surface area is 173 Å². The van der Waals surface area contributed by atoms with Crippen molar-refractivity contribution in [3.63, 3.8) is 0 Å². The van der Waals surface area contributed by atoms with E-state index >= 15 is 0 Å². The molecule has 0 saturated heterocycles. The molecule has 0 radical (unpaired) electrons. The Morgan fingerprint density at radius 2 is 1.82 bits per heavy atom. The zero-order valence-electron chi connectivity index (χ0n) is 14.9. The molecule has 0 spiro atoms. The fraction of sp³-hybridized carbons (Fsp3) is 0.158. The summed E-state index contributed by atoms with van der Waals surface area (Å²) in [6.07, 6.45) is 1.74. The number of benzene rings is 2. The van der Waals surface area contributed by atoms with Crippen molar-refractivity contribution < 1.29 is 12.6 Å². The molecule has 0 atom stereocenters. The van der Waals surface area contributed by atoms with Crippen molar-refractivity contribution in [3.05, 3.63) is 72.3 Å². The lowest BCUT2D eigenvalue weighted by molar-refractivity contribution is 0.488. The van der Waals surface area contributed by atoms with Gasteiger partial charge in [-0.15, -0.1) is 16.8 Å². The molecule has 6 nitrogen and oxygen atoms in total. The molecule has 0 amide bonds. The Kier molecular flexibility index (Phi) is 6.77. The third kappa shape index (κ3) is 5.37. The van der Waals surface area contributed by atoms with Gasteiger partial charge in [0.05, 0.1) is 5.75 Å². The summed E-state index contributed by atoms with van der Waals surface area (Å²) in [4.78, 5) is 0. The van der Waals surface area contributed by atoms with E-state index in [1.54, 1.807) is 48.5 Å². The topological polar surface area (TPSA) is 74.1 Å². The van der Waals surface area contributed by atoms with Crippen molar-refractivity contribution in [2.45, 2.75) is 11.7 Å². The molecule has 0 aliphatic heterocycles. The van der Waals surface area contributed by atoms with E-state index in [4.69, 9.17) is 15.8 Å². The van der Waals surface area contributed by atoms with Gasteiger partial charge in [0.1, 0.15) is 5.75 Å². The Morgan fingerprint density at radius 3 is 2.50 bits per heavy atom. The normalized spacial score (nSPS) is 11.3. The van der Waals surface area contributed by atoms with Crippen LogP contribution in [0.2, 0.25) is 5.02 Å². The molecule has 2 aromatic carbocycles. The average Bonchev–Trinajstić information content (AvgIpc) is 3.06. The van der Waals surface area contributed by atoms with E-state index in [-0.39, 0.29) is 11.5 Å². The summed E-state index contributed by atoms with van der Waals surface area (Å²) < 4.78 is 31.3. The van der Waals surface area contributed by atoms with Gasteiger partial charge in [0, 0.05) is 22.9 Å². The highest BCUT2D eigenvalue weighted by Crippen LogP contribution is 2.25. The van der Waals surface area contributed by atoms with E-state index in [1.165, 1.54) is 11.8 Å². The van der Waals surface area contributed by atoms with Crippen LogP contribution in [-0.2, 0) is 16.7 Å². The molecule has 0 unspecified atom stereocenters. The molecule has 146 valence electrons. The minimum absolute atomic E-state index is 0.149. The Bertz CT molecular complexity index is 1040. The maximum Gasteiger partial charge on any atom is 0.310 e. The Morgan fingerprint density at radius 1 is 1.11 bits per heavy atom. The van der Waals surface area contributed by atoms with Gasteiger partial charge in [-0.1, -0.05) is 47.6 Å². The van der Waals surface area contributed by atoms with Crippen LogP contribution < -0.4 is 4.18 Å². The summed E-state index contributed by atoms with van der Waals surface area (Å²) in [5, 5.41) is 9.68. The van der Waals surface area contributed by atoms with E-state index in [0.29, 0.717) is 28.3 Å². The lowest BCUT2D eigenvalue weighted by Crippen LogP contribution is -2.15. The van der Waals surface area contributed by atoms with E-state index in [0.717, 1.165) is 5.56 Å². The predicted octanol–water partition coefficient (Wildman–Crippen LogP) is 4.29. The van der Waals surface area contributed by atoms with Gasteiger partial charge in [-0.2, -0.15) is 8.42 Å². The number of hydrogen-bond acceptors (Lipinski definition) is 6. The number of thioether (sulfide) groups is 1. The summed E-state index contributed by atoms with van der Waals surface area (Å²) in [5.74, 6) is 1.10. The van der Waals surface area contributed by atoms with Crippen LogP contribution in [0.25, 0.3) is 11.4 Å². The van der Waals surface area contributed by atoms with Crippen molar-refractivity contribution in [1.82, 2.24) is 14.8 Å². The number of halogens is 1. The van der Waals surface area contributed by atoms with Crippen LogP contribution in [0.1, 0.15) is 0 Å². The minimum atomic E-state index is -3.69. The number of nitrogens with zero attached hydrogens (tertiary/aromatic N) is 3. The Balaban J connectivity index is 1.69. The molecule has 0 fully saturated rings. The summed E-state index contributed by atoms with van der Waals surface area (Å²) >= 11 is 7.24. The smallest absolute Gasteiger partial charge is 0.310 e. The number of aromatic nitrogens is 3. The largest absolute Gasteiger partial charge is 0.382 e. The molecule has 0 N–H and O–H groups in total. The highest BCUT2D eigenvalue weighted by Gasteiger charge is 2.17. The van der Waals surface area contributed by atoms with Gasteiger partial charge in [0.25, 0.3) is 0 Å². The monoisotopic (exact) mass is 435 g/mol. The third-order valence-corrected chi connectivity index (χ3v) is 6.29. The fourth-order valence-electron chi connectivity index (χ4n) is 2.40. The van der Waals surface area contributed by atoms with Gasteiger partial charge in [-0.05, 0) is 36.4 Å². The summed E-state index contributed by atoms with van der Waals surface area (Å²) in [7, 11) is -3.69. The number of para-hydroxylation sites is 1. The van der Waals surface area contributed by atoms with E-state index in [9.17, 15) is 8.42 Å². The number of allylic oxidation sites excluding steroid dienone is 1. The van der Waals surface area contributed by atoms with Crippen molar-refractivity contribution in [2.24, 2.45) is 0 Å². The summed E-state index contributed by atoms with van der Waals surface area (Å²) in [6, 6.07) is 15.7. The van der Waals surface area contributed by atoms with Crippen molar-refractivity contribution in [3.8, 4) is 17.1 Å². The molecular formula is C19H18ClN3O3S2. The van der Waals surface area contributed by atoms with Gasteiger partial charge >= 0.3 is 10.1 Å². The van der Waals surface area contributed by atoms with Gasteiger partial charge in [-0.3, -0.25) is 4.57 Å². The second-order valence-corrected chi connectivity index (χ2v) is 8.91.